The minimum Gasteiger partial charge on any atom is -0.462 e. The van der Waals surface area contributed by atoms with Crippen LogP contribution in [-0.2, 0) is 24.3 Å². The van der Waals surface area contributed by atoms with Gasteiger partial charge in [0.15, 0.2) is 0 Å². The number of nitrogens with zero attached hydrogens (tertiary/aromatic N) is 1. The van der Waals surface area contributed by atoms with Gasteiger partial charge in [-0.05, 0) is 56.3 Å². The molecule has 0 aromatic heterocycles. The number of nitrogens with one attached hydrogen (secondary N) is 1. The number of benzene rings is 2. The number of esters is 1. The molecule has 2 aromatic rings. The van der Waals surface area contributed by atoms with Gasteiger partial charge in [-0.25, -0.2) is 8.42 Å². The van der Waals surface area contributed by atoms with E-state index in [1.165, 1.54) is 43.3 Å². The van der Waals surface area contributed by atoms with E-state index in [2.05, 4.69) is 5.32 Å². The third-order valence-corrected chi connectivity index (χ3v) is 5.52. The highest BCUT2D eigenvalue weighted by Gasteiger charge is 2.28. The van der Waals surface area contributed by atoms with E-state index in [4.69, 9.17) is 16.3 Å². The number of carbonyl (C=O) groups excluding carboxylic acids is 2. The molecule has 0 atom stereocenters. The fourth-order valence-electron chi connectivity index (χ4n) is 2.40. The molecule has 0 aliphatic rings. The van der Waals surface area contributed by atoms with E-state index in [1.54, 1.807) is 26.0 Å². The quantitative estimate of drug-likeness (QED) is 0.687. The van der Waals surface area contributed by atoms with Crippen LogP contribution in [0.15, 0.2) is 53.4 Å². The molecular weight excluding hydrogens is 404 g/mol. The maximum absolute atomic E-state index is 13.2. The third kappa shape index (κ3) is 5.71. The highest BCUT2D eigenvalue weighted by atomic mass is 35.5. The number of ether oxygens (including phenoxy) is 1. The summed E-state index contributed by atoms with van der Waals surface area (Å²) in [6, 6.07) is 11.8. The summed E-state index contributed by atoms with van der Waals surface area (Å²) in [5, 5.41) is 2.90. The standard InChI is InChI=1S/C19H21ClN2O5S/c1-13(2)27-19(24)12-22(17-6-4-5-15(20)11-17)28(25,26)18-9-7-16(8-10-18)21-14(3)23/h4-11,13H,12H2,1-3H3,(H,21,23). The van der Waals surface area contributed by atoms with Crippen molar-refractivity contribution in [1.82, 2.24) is 0 Å². The fourth-order valence-corrected chi connectivity index (χ4v) is 3.99. The summed E-state index contributed by atoms with van der Waals surface area (Å²) in [6.45, 7) is 4.20. The molecular formula is C19H21ClN2O5S. The number of hydrogen-bond donors (Lipinski definition) is 1. The lowest BCUT2D eigenvalue weighted by atomic mass is 10.3. The molecule has 2 rings (SSSR count). The number of anilines is 2. The van der Waals surface area contributed by atoms with E-state index < -0.39 is 22.5 Å². The maximum atomic E-state index is 13.2. The molecule has 1 amide bonds. The molecule has 0 aliphatic carbocycles. The van der Waals surface area contributed by atoms with Crippen LogP contribution in [0.4, 0.5) is 11.4 Å². The lowest BCUT2D eigenvalue weighted by molar-refractivity contribution is -0.145. The van der Waals surface area contributed by atoms with Crippen LogP contribution in [0.25, 0.3) is 0 Å². The first-order valence-electron chi connectivity index (χ1n) is 8.45. The summed E-state index contributed by atoms with van der Waals surface area (Å²) >= 11 is 6.00. The monoisotopic (exact) mass is 424 g/mol. The van der Waals surface area contributed by atoms with Gasteiger partial charge in [-0.3, -0.25) is 13.9 Å². The van der Waals surface area contributed by atoms with Crippen molar-refractivity contribution in [3.05, 3.63) is 53.6 Å². The largest absolute Gasteiger partial charge is 0.462 e. The summed E-state index contributed by atoms with van der Waals surface area (Å²) in [6.07, 6.45) is -0.381. The van der Waals surface area contributed by atoms with E-state index in [9.17, 15) is 18.0 Å². The van der Waals surface area contributed by atoms with Crippen molar-refractivity contribution in [2.24, 2.45) is 0 Å². The molecule has 0 fully saturated rings. The van der Waals surface area contributed by atoms with E-state index in [-0.39, 0.29) is 22.6 Å². The van der Waals surface area contributed by atoms with Gasteiger partial charge in [0.1, 0.15) is 6.54 Å². The third-order valence-electron chi connectivity index (χ3n) is 3.50. The van der Waals surface area contributed by atoms with E-state index >= 15 is 0 Å². The first-order valence-corrected chi connectivity index (χ1v) is 10.3. The molecule has 150 valence electrons. The van der Waals surface area contributed by atoms with Crippen LogP contribution in [0.2, 0.25) is 5.02 Å². The lowest BCUT2D eigenvalue weighted by Gasteiger charge is -2.24. The Morgan fingerprint density at radius 2 is 1.79 bits per heavy atom. The number of amides is 1. The van der Waals surface area contributed by atoms with Crippen LogP contribution in [0.5, 0.6) is 0 Å². The van der Waals surface area contributed by atoms with Crippen LogP contribution in [0.1, 0.15) is 20.8 Å². The number of carbonyl (C=O) groups is 2. The van der Waals surface area contributed by atoms with Gasteiger partial charge < -0.3 is 10.1 Å². The summed E-state index contributed by atoms with van der Waals surface area (Å²) in [4.78, 5) is 23.3. The molecule has 0 aliphatic heterocycles. The summed E-state index contributed by atoms with van der Waals surface area (Å²) in [5.74, 6) is -0.957. The molecule has 0 saturated carbocycles. The predicted octanol–water partition coefficient (Wildman–Crippen LogP) is 3.45. The smallest absolute Gasteiger partial charge is 0.327 e. The Morgan fingerprint density at radius 3 is 2.32 bits per heavy atom. The van der Waals surface area contributed by atoms with Gasteiger partial charge in [0.2, 0.25) is 5.91 Å². The Labute approximate surface area is 169 Å². The molecule has 28 heavy (non-hydrogen) atoms. The molecule has 0 spiro atoms. The first-order chi connectivity index (χ1) is 13.1. The average Bonchev–Trinajstić information content (AvgIpc) is 2.59. The summed E-state index contributed by atoms with van der Waals surface area (Å²) in [5.41, 5.74) is 0.694. The fraction of sp³-hybridized carbons (Fsp3) is 0.263. The van der Waals surface area contributed by atoms with Crippen molar-refractivity contribution in [3.8, 4) is 0 Å². The lowest BCUT2D eigenvalue weighted by Crippen LogP contribution is -2.37. The van der Waals surface area contributed by atoms with Crippen LogP contribution in [0.3, 0.4) is 0 Å². The van der Waals surface area contributed by atoms with Gasteiger partial charge >= 0.3 is 5.97 Å². The summed E-state index contributed by atoms with van der Waals surface area (Å²) < 4.78 is 32.4. The minimum atomic E-state index is -4.09. The second kappa shape index (κ2) is 9.07. The molecule has 1 N–H and O–H groups in total. The highest BCUT2D eigenvalue weighted by Crippen LogP contribution is 2.27. The van der Waals surface area contributed by atoms with Crippen LogP contribution >= 0.6 is 11.6 Å². The Balaban J connectivity index is 2.42. The second-order valence-electron chi connectivity index (χ2n) is 6.24. The first kappa shape index (κ1) is 21.7. The second-order valence-corrected chi connectivity index (χ2v) is 8.53. The Hall–Kier alpha value is -2.58. The Bertz CT molecular complexity index is 959. The topological polar surface area (TPSA) is 92.8 Å². The van der Waals surface area contributed by atoms with E-state index in [1.807, 2.05) is 0 Å². The van der Waals surface area contributed by atoms with Gasteiger partial charge in [0, 0.05) is 17.6 Å². The minimum absolute atomic E-state index is 0.0427. The van der Waals surface area contributed by atoms with Gasteiger partial charge in [-0.1, -0.05) is 17.7 Å². The van der Waals surface area contributed by atoms with Gasteiger partial charge in [0.05, 0.1) is 16.7 Å². The average molecular weight is 425 g/mol. The van der Waals surface area contributed by atoms with Gasteiger partial charge in [-0.2, -0.15) is 0 Å². The normalized spacial score (nSPS) is 11.2. The number of hydrogen-bond acceptors (Lipinski definition) is 5. The number of halogens is 1. The zero-order valence-electron chi connectivity index (χ0n) is 15.7. The predicted molar refractivity (Wildman–Crippen MR) is 108 cm³/mol. The van der Waals surface area contributed by atoms with Crippen LogP contribution in [-0.4, -0.2) is 32.9 Å². The Kier molecular flexibility index (Phi) is 7.04. The van der Waals surface area contributed by atoms with Crippen LogP contribution in [0, 0.1) is 0 Å². The van der Waals surface area contributed by atoms with E-state index in [0.717, 1.165) is 4.31 Å². The zero-order valence-corrected chi connectivity index (χ0v) is 17.3. The van der Waals surface area contributed by atoms with Crippen LogP contribution < -0.4 is 9.62 Å². The van der Waals surface area contributed by atoms with Crippen molar-refractivity contribution in [1.29, 1.82) is 0 Å². The molecule has 7 nitrogen and oxygen atoms in total. The summed E-state index contributed by atoms with van der Waals surface area (Å²) in [7, 11) is -4.09. The van der Waals surface area contributed by atoms with Crippen molar-refractivity contribution in [2.75, 3.05) is 16.2 Å². The molecule has 0 heterocycles. The van der Waals surface area contributed by atoms with Crippen molar-refractivity contribution in [3.63, 3.8) is 0 Å². The maximum Gasteiger partial charge on any atom is 0.327 e. The van der Waals surface area contributed by atoms with E-state index in [0.29, 0.717) is 10.7 Å². The molecule has 0 saturated heterocycles. The SMILES string of the molecule is CC(=O)Nc1ccc(S(=O)(=O)N(CC(=O)OC(C)C)c2cccc(Cl)c2)cc1. The number of rotatable bonds is 7. The number of sulfonamides is 1. The van der Waals surface area contributed by atoms with Crippen molar-refractivity contribution in [2.45, 2.75) is 31.8 Å². The molecule has 0 bridgehead atoms. The highest BCUT2D eigenvalue weighted by molar-refractivity contribution is 7.92. The van der Waals surface area contributed by atoms with Crippen molar-refractivity contribution < 1.29 is 22.7 Å². The van der Waals surface area contributed by atoms with Crippen molar-refractivity contribution >= 4 is 44.9 Å². The molecule has 0 unspecified atom stereocenters. The van der Waals surface area contributed by atoms with Gasteiger partial charge in [0.25, 0.3) is 10.0 Å². The molecule has 0 radical (unpaired) electrons. The zero-order chi connectivity index (χ0) is 20.9. The Morgan fingerprint density at radius 1 is 1.14 bits per heavy atom. The molecule has 9 heteroatoms. The molecule has 2 aromatic carbocycles. The van der Waals surface area contributed by atoms with Gasteiger partial charge in [-0.15, -0.1) is 0 Å².